The summed E-state index contributed by atoms with van der Waals surface area (Å²) in [5.41, 5.74) is 0. The lowest BCUT2D eigenvalue weighted by Crippen LogP contribution is -2.53. The number of carboxylic acids is 1. The number of carbonyl (C=O) groups excluding carboxylic acids is 1. The lowest BCUT2D eigenvalue weighted by molar-refractivity contribution is -0.927. The van der Waals surface area contributed by atoms with Gasteiger partial charge in [0.1, 0.15) is 12.6 Å². The average Bonchev–Trinajstić information content (AvgIpc) is 2.39. The summed E-state index contributed by atoms with van der Waals surface area (Å²) >= 11 is 0. The first-order chi connectivity index (χ1) is 8.99. The first-order valence-electron chi connectivity index (χ1n) is 7.33. The van der Waals surface area contributed by atoms with Gasteiger partial charge in [-0.2, -0.15) is 0 Å². The number of hydrogen-bond donors (Lipinski definition) is 1. The minimum absolute atomic E-state index is 0.0604. The van der Waals surface area contributed by atoms with Gasteiger partial charge in [0.25, 0.3) is 0 Å². The predicted molar refractivity (Wildman–Crippen MR) is 75.4 cm³/mol. The monoisotopic (exact) mass is 271 g/mol. The van der Waals surface area contributed by atoms with Crippen LogP contribution in [-0.4, -0.2) is 47.8 Å². The molecule has 0 aliphatic carbocycles. The number of aliphatic carboxylic acids is 1. The number of unbranched alkanes of at least 4 members (excludes halogenated alkanes) is 2. The molecule has 0 saturated carbocycles. The Labute approximate surface area is 117 Å². The van der Waals surface area contributed by atoms with E-state index in [0.29, 0.717) is 17.6 Å². The first-order valence-corrected chi connectivity index (χ1v) is 7.33. The van der Waals surface area contributed by atoms with Crippen LogP contribution in [0.4, 0.5) is 0 Å². The smallest absolute Gasteiger partial charge is 0.105 e. The maximum absolute atomic E-state index is 10.6. The van der Waals surface area contributed by atoms with Crippen LogP contribution in [0, 0.1) is 0 Å². The fourth-order valence-corrected chi connectivity index (χ4v) is 2.42. The van der Waals surface area contributed by atoms with Gasteiger partial charge >= 0.3 is 0 Å². The zero-order chi connectivity index (χ0) is 14.7. The molecule has 0 aromatic rings. The van der Waals surface area contributed by atoms with Gasteiger partial charge < -0.3 is 19.5 Å². The van der Waals surface area contributed by atoms with E-state index >= 15 is 0 Å². The number of aliphatic hydroxyl groups excluding tert-OH is 1. The van der Waals surface area contributed by atoms with Crippen molar-refractivity contribution < 1.29 is 19.5 Å². The molecule has 0 saturated heterocycles. The second-order valence-corrected chi connectivity index (χ2v) is 5.23. The molecule has 0 rings (SSSR count). The van der Waals surface area contributed by atoms with Crippen LogP contribution in [0.2, 0.25) is 0 Å². The number of likely N-dealkylation sites (N-methyl/N-ethyl adjacent to an activating group) is 1. The Morgan fingerprint density at radius 3 is 2.47 bits per heavy atom. The van der Waals surface area contributed by atoms with Crippen LogP contribution in [-0.2, 0) is 4.79 Å². The fraction of sp³-hybridized carbons (Fsp3) is 0.800. The Kier molecular flexibility index (Phi) is 9.53. The fourth-order valence-electron chi connectivity index (χ4n) is 2.42. The van der Waals surface area contributed by atoms with Gasteiger partial charge in [-0.05, 0) is 33.1 Å². The summed E-state index contributed by atoms with van der Waals surface area (Å²) in [4.78, 5) is 10.6. The van der Waals surface area contributed by atoms with Crippen LogP contribution in [0.25, 0.3) is 0 Å². The molecule has 0 radical (unpaired) electrons. The number of carbonyl (C=O) groups is 1. The van der Waals surface area contributed by atoms with E-state index in [0.717, 1.165) is 38.8 Å². The highest BCUT2D eigenvalue weighted by Crippen LogP contribution is 2.13. The molecule has 0 aliphatic rings. The molecule has 1 unspecified atom stereocenters. The maximum Gasteiger partial charge on any atom is 0.105 e. The molecule has 4 nitrogen and oxygen atoms in total. The number of nitrogens with zero attached hydrogens (tertiary/aromatic N) is 1. The van der Waals surface area contributed by atoms with Gasteiger partial charge in [-0.1, -0.05) is 12.5 Å². The summed E-state index contributed by atoms with van der Waals surface area (Å²) in [5.74, 6) is -1.01. The van der Waals surface area contributed by atoms with E-state index in [1.165, 1.54) is 0 Å². The molecule has 4 heteroatoms. The molecule has 112 valence electrons. The SMILES string of the molecule is C=CCCCCC(O)C[N+](CC)(CC)CCC(=O)[O-]. The van der Waals surface area contributed by atoms with Gasteiger partial charge in [0.2, 0.25) is 0 Å². The topological polar surface area (TPSA) is 60.4 Å². The molecule has 0 aliphatic heterocycles. The van der Waals surface area contributed by atoms with E-state index in [9.17, 15) is 15.0 Å². The Bertz CT molecular complexity index is 262. The maximum atomic E-state index is 10.6. The minimum atomic E-state index is -1.01. The third-order valence-corrected chi connectivity index (χ3v) is 3.93. The number of allylic oxidation sites excluding steroid dienone is 1. The summed E-state index contributed by atoms with van der Waals surface area (Å²) in [6.07, 6.45) is 5.40. The molecule has 0 aromatic heterocycles. The summed E-state index contributed by atoms with van der Waals surface area (Å²) in [7, 11) is 0. The van der Waals surface area contributed by atoms with Crippen molar-refractivity contribution in [2.75, 3.05) is 26.2 Å². The van der Waals surface area contributed by atoms with Gasteiger partial charge in [0.05, 0.1) is 19.6 Å². The average molecular weight is 271 g/mol. The number of rotatable bonds is 12. The van der Waals surface area contributed by atoms with Gasteiger partial charge in [-0.3, -0.25) is 0 Å². The third kappa shape index (κ3) is 8.01. The number of aliphatic hydroxyl groups is 1. The first kappa shape index (κ1) is 18.1. The molecular weight excluding hydrogens is 242 g/mol. The van der Waals surface area contributed by atoms with Crippen LogP contribution >= 0.6 is 0 Å². The number of hydrogen-bond acceptors (Lipinski definition) is 3. The highest BCUT2D eigenvalue weighted by atomic mass is 16.4. The van der Waals surface area contributed by atoms with E-state index in [2.05, 4.69) is 6.58 Å². The van der Waals surface area contributed by atoms with Crippen LogP contribution in [0.3, 0.4) is 0 Å². The highest BCUT2D eigenvalue weighted by Gasteiger charge is 2.26. The van der Waals surface area contributed by atoms with Crippen LogP contribution < -0.4 is 5.11 Å². The van der Waals surface area contributed by atoms with Crippen LogP contribution in [0.15, 0.2) is 12.7 Å². The summed E-state index contributed by atoms with van der Waals surface area (Å²) < 4.78 is 0.649. The lowest BCUT2D eigenvalue weighted by atomic mass is 10.1. The number of carboxylic acid groups (broad SMARTS) is 1. The molecule has 1 atom stereocenters. The van der Waals surface area contributed by atoms with Gasteiger partial charge in [0, 0.05) is 12.4 Å². The van der Waals surface area contributed by atoms with Crippen molar-refractivity contribution >= 4 is 5.97 Å². The van der Waals surface area contributed by atoms with E-state index in [-0.39, 0.29) is 12.5 Å². The molecule has 19 heavy (non-hydrogen) atoms. The lowest BCUT2D eigenvalue weighted by Gasteiger charge is -2.38. The minimum Gasteiger partial charge on any atom is -0.550 e. The molecule has 0 bridgehead atoms. The van der Waals surface area contributed by atoms with Crippen molar-refractivity contribution in [2.24, 2.45) is 0 Å². The van der Waals surface area contributed by atoms with E-state index < -0.39 is 5.97 Å². The van der Waals surface area contributed by atoms with Gasteiger partial charge in [-0.15, -0.1) is 6.58 Å². The Balaban J connectivity index is 4.22. The van der Waals surface area contributed by atoms with Crippen molar-refractivity contribution in [1.82, 2.24) is 0 Å². The molecule has 0 spiro atoms. The zero-order valence-corrected chi connectivity index (χ0v) is 12.4. The van der Waals surface area contributed by atoms with E-state index in [4.69, 9.17) is 0 Å². The normalized spacial score (nSPS) is 13.2. The second-order valence-electron chi connectivity index (χ2n) is 5.23. The van der Waals surface area contributed by atoms with E-state index in [1.807, 2.05) is 19.9 Å². The molecular formula is C15H29NO3. The van der Waals surface area contributed by atoms with Gasteiger partial charge in [0.15, 0.2) is 0 Å². The van der Waals surface area contributed by atoms with Crippen molar-refractivity contribution in [3.63, 3.8) is 0 Å². The summed E-state index contributed by atoms with van der Waals surface area (Å²) in [6.45, 7) is 10.6. The molecule has 0 fully saturated rings. The van der Waals surface area contributed by atoms with Crippen LogP contribution in [0.1, 0.15) is 46.0 Å². The Morgan fingerprint density at radius 2 is 2.00 bits per heavy atom. The van der Waals surface area contributed by atoms with Gasteiger partial charge in [-0.25, -0.2) is 0 Å². The molecule has 0 heterocycles. The zero-order valence-electron chi connectivity index (χ0n) is 12.4. The summed E-state index contributed by atoms with van der Waals surface area (Å²) in [6, 6.07) is 0. The van der Waals surface area contributed by atoms with E-state index in [1.54, 1.807) is 0 Å². The molecule has 0 aromatic carbocycles. The Hall–Kier alpha value is -0.870. The Morgan fingerprint density at radius 1 is 1.37 bits per heavy atom. The van der Waals surface area contributed by atoms with Crippen molar-refractivity contribution in [3.8, 4) is 0 Å². The third-order valence-electron chi connectivity index (χ3n) is 3.93. The summed E-state index contributed by atoms with van der Waals surface area (Å²) in [5, 5.41) is 20.7. The predicted octanol–water partition coefficient (Wildman–Crippen LogP) is 1.09. The van der Waals surface area contributed by atoms with Crippen molar-refractivity contribution in [1.29, 1.82) is 0 Å². The highest BCUT2D eigenvalue weighted by molar-refractivity contribution is 5.64. The van der Waals surface area contributed by atoms with Crippen LogP contribution in [0.5, 0.6) is 0 Å². The van der Waals surface area contributed by atoms with Crippen molar-refractivity contribution in [3.05, 3.63) is 12.7 Å². The quantitative estimate of drug-likeness (QED) is 0.328. The number of quaternary nitrogens is 1. The standard InChI is InChI=1S/C15H29NO3/c1-4-7-8-9-10-14(17)13-16(5-2,6-3)12-11-15(18)19/h4,14,17H,1,5-13H2,2-3H3. The van der Waals surface area contributed by atoms with Crippen molar-refractivity contribution in [2.45, 2.75) is 52.1 Å². The molecule has 0 amide bonds. The largest absolute Gasteiger partial charge is 0.550 e. The second kappa shape index (κ2) is 9.98. The molecule has 1 N–H and O–H groups in total.